The van der Waals surface area contributed by atoms with E-state index in [4.69, 9.17) is 9.72 Å². The van der Waals surface area contributed by atoms with E-state index in [1.54, 1.807) is 0 Å². The Balaban J connectivity index is 1.77. The highest BCUT2D eigenvalue weighted by molar-refractivity contribution is 7.15. The molecular formula is C15H25N3OS. The molecule has 112 valence electrons. The fourth-order valence-corrected chi connectivity index (χ4v) is 4.48. The molecule has 0 bridgehead atoms. The Hall–Kier alpha value is -0.650. The molecule has 5 heteroatoms. The number of nitrogens with zero attached hydrogens (tertiary/aromatic N) is 2. The van der Waals surface area contributed by atoms with Crippen LogP contribution in [0.25, 0.3) is 0 Å². The fourth-order valence-electron chi connectivity index (χ4n) is 3.23. The van der Waals surface area contributed by atoms with Crippen molar-refractivity contribution in [2.75, 3.05) is 31.7 Å². The Morgan fingerprint density at radius 2 is 2.15 bits per heavy atom. The first-order valence-corrected chi connectivity index (χ1v) is 8.64. The van der Waals surface area contributed by atoms with Crippen molar-refractivity contribution in [1.82, 2.24) is 10.3 Å². The van der Waals surface area contributed by atoms with Crippen LogP contribution >= 0.6 is 11.3 Å². The van der Waals surface area contributed by atoms with Crippen molar-refractivity contribution in [2.24, 2.45) is 0 Å². The summed E-state index contributed by atoms with van der Waals surface area (Å²) in [6, 6.07) is 1.12. The van der Waals surface area contributed by atoms with Gasteiger partial charge in [0.1, 0.15) is 0 Å². The lowest BCUT2D eigenvalue weighted by atomic mass is 9.98. The SMILES string of the molecule is CCNC1CCCc2nc(N(C)C3CCOCC3)sc21. The molecule has 1 aromatic heterocycles. The van der Waals surface area contributed by atoms with Crippen molar-refractivity contribution in [3.8, 4) is 0 Å². The molecule has 1 atom stereocenters. The summed E-state index contributed by atoms with van der Waals surface area (Å²) in [4.78, 5) is 8.78. The van der Waals surface area contributed by atoms with E-state index < -0.39 is 0 Å². The maximum Gasteiger partial charge on any atom is 0.185 e. The van der Waals surface area contributed by atoms with Gasteiger partial charge < -0.3 is 15.0 Å². The minimum absolute atomic E-state index is 0.526. The number of hydrogen-bond acceptors (Lipinski definition) is 5. The van der Waals surface area contributed by atoms with Crippen LogP contribution in [0.3, 0.4) is 0 Å². The van der Waals surface area contributed by atoms with Gasteiger partial charge in [-0.25, -0.2) is 4.98 Å². The first kappa shape index (κ1) is 14.3. The van der Waals surface area contributed by atoms with Crippen molar-refractivity contribution in [2.45, 2.75) is 51.1 Å². The Morgan fingerprint density at radius 1 is 1.35 bits per heavy atom. The number of aryl methyl sites for hydroxylation is 1. The largest absolute Gasteiger partial charge is 0.381 e. The number of nitrogens with one attached hydrogen (secondary N) is 1. The van der Waals surface area contributed by atoms with E-state index in [1.165, 1.54) is 28.5 Å². The molecule has 0 radical (unpaired) electrons. The maximum absolute atomic E-state index is 5.46. The van der Waals surface area contributed by atoms with E-state index in [0.29, 0.717) is 12.1 Å². The Morgan fingerprint density at radius 3 is 2.90 bits per heavy atom. The molecule has 1 unspecified atom stereocenters. The average Bonchev–Trinajstić information content (AvgIpc) is 2.93. The van der Waals surface area contributed by atoms with Gasteiger partial charge in [0.15, 0.2) is 5.13 Å². The van der Waals surface area contributed by atoms with Crippen LogP contribution in [0.4, 0.5) is 5.13 Å². The van der Waals surface area contributed by atoms with Gasteiger partial charge in [-0.05, 0) is 38.6 Å². The quantitative estimate of drug-likeness (QED) is 0.927. The van der Waals surface area contributed by atoms with E-state index in [-0.39, 0.29) is 0 Å². The molecule has 3 rings (SSSR count). The zero-order valence-electron chi connectivity index (χ0n) is 12.5. The summed E-state index contributed by atoms with van der Waals surface area (Å²) >= 11 is 1.90. The molecule has 1 fully saturated rings. The maximum atomic E-state index is 5.46. The number of aromatic nitrogens is 1. The van der Waals surface area contributed by atoms with Gasteiger partial charge in [0.25, 0.3) is 0 Å². The molecule has 2 aliphatic rings. The number of anilines is 1. The number of rotatable bonds is 4. The molecule has 0 amide bonds. The van der Waals surface area contributed by atoms with E-state index >= 15 is 0 Å². The topological polar surface area (TPSA) is 37.4 Å². The minimum Gasteiger partial charge on any atom is -0.381 e. The summed E-state index contributed by atoms with van der Waals surface area (Å²) in [6.45, 7) is 5.00. The van der Waals surface area contributed by atoms with Gasteiger partial charge in [0.05, 0.1) is 5.69 Å². The molecular weight excluding hydrogens is 270 g/mol. The van der Waals surface area contributed by atoms with Crippen LogP contribution in [0.1, 0.15) is 49.2 Å². The minimum atomic E-state index is 0.526. The Labute approximate surface area is 125 Å². The molecule has 1 saturated heterocycles. The van der Waals surface area contributed by atoms with Gasteiger partial charge in [-0.1, -0.05) is 18.3 Å². The molecule has 1 aliphatic carbocycles. The van der Waals surface area contributed by atoms with Crippen molar-refractivity contribution >= 4 is 16.5 Å². The third-order valence-corrected chi connectivity index (χ3v) is 5.73. The summed E-state index contributed by atoms with van der Waals surface area (Å²) in [5.41, 5.74) is 1.33. The predicted molar refractivity (Wildman–Crippen MR) is 83.7 cm³/mol. The summed E-state index contributed by atoms with van der Waals surface area (Å²) in [7, 11) is 2.20. The molecule has 0 aromatic carbocycles. The predicted octanol–water partition coefficient (Wildman–Crippen LogP) is 2.75. The molecule has 1 aliphatic heterocycles. The van der Waals surface area contributed by atoms with Crippen molar-refractivity contribution in [1.29, 1.82) is 0 Å². The van der Waals surface area contributed by atoms with Crippen LogP contribution in [0, 0.1) is 0 Å². The van der Waals surface area contributed by atoms with E-state index in [9.17, 15) is 0 Å². The molecule has 0 spiro atoms. The lowest BCUT2D eigenvalue weighted by molar-refractivity contribution is 0.0855. The van der Waals surface area contributed by atoms with Gasteiger partial charge in [0, 0.05) is 37.2 Å². The number of thiazole rings is 1. The molecule has 0 saturated carbocycles. The molecule has 20 heavy (non-hydrogen) atoms. The fraction of sp³-hybridized carbons (Fsp3) is 0.800. The number of fused-ring (bicyclic) bond motifs is 1. The van der Waals surface area contributed by atoms with Crippen molar-refractivity contribution in [3.05, 3.63) is 10.6 Å². The smallest absolute Gasteiger partial charge is 0.185 e. The van der Waals surface area contributed by atoms with Crippen molar-refractivity contribution in [3.63, 3.8) is 0 Å². The average molecular weight is 295 g/mol. The molecule has 2 heterocycles. The van der Waals surface area contributed by atoms with Gasteiger partial charge in [-0.2, -0.15) is 0 Å². The van der Waals surface area contributed by atoms with Crippen LogP contribution in [-0.2, 0) is 11.2 Å². The highest BCUT2D eigenvalue weighted by atomic mass is 32.1. The van der Waals surface area contributed by atoms with Gasteiger partial charge in [0.2, 0.25) is 0 Å². The monoisotopic (exact) mass is 295 g/mol. The van der Waals surface area contributed by atoms with Gasteiger partial charge in [-0.3, -0.25) is 0 Å². The van der Waals surface area contributed by atoms with Crippen LogP contribution in [0.2, 0.25) is 0 Å². The third-order valence-electron chi connectivity index (χ3n) is 4.43. The number of ether oxygens (including phenoxy) is 1. The summed E-state index contributed by atoms with van der Waals surface area (Å²) in [5, 5.41) is 4.81. The third kappa shape index (κ3) is 2.85. The lowest BCUT2D eigenvalue weighted by Gasteiger charge is -2.30. The molecule has 4 nitrogen and oxygen atoms in total. The second-order valence-corrected chi connectivity index (χ2v) is 6.77. The van der Waals surface area contributed by atoms with Crippen LogP contribution in [0.5, 0.6) is 0 Å². The van der Waals surface area contributed by atoms with E-state index in [1.807, 2.05) is 11.3 Å². The zero-order valence-corrected chi connectivity index (χ0v) is 13.3. The normalized spacial score (nSPS) is 23.6. The second kappa shape index (κ2) is 6.41. The summed E-state index contributed by atoms with van der Waals surface area (Å²) in [6.07, 6.45) is 5.91. The molecule has 1 N–H and O–H groups in total. The van der Waals surface area contributed by atoms with Gasteiger partial charge >= 0.3 is 0 Å². The van der Waals surface area contributed by atoms with E-state index in [0.717, 1.165) is 39.0 Å². The summed E-state index contributed by atoms with van der Waals surface area (Å²) < 4.78 is 5.46. The highest BCUT2D eigenvalue weighted by Crippen LogP contribution is 2.38. The summed E-state index contributed by atoms with van der Waals surface area (Å²) in [5.74, 6) is 0. The zero-order chi connectivity index (χ0) is 13.9. The Bertz CT molecular complexity index is 442. The van der Waals surface area contributed by atoms with Crippen LogP contribution < -0.4 is 10.2 Å². The van der Waals surface area contributed by atoms with Crippen LogP contribution in [-0.4, -0.2) is 37.8 Å². The molecule has 1 aromatic rings. The van der Waals surface area contributed by atoms with Crippen LogP contribution in [0.15, 0.2) is 0 Å². The Kier molecular flexibility index (Phi) is 4.58. The van der Waals surface area contributed by atoms with Gasteiger partial charge in [-0.15, -0.1) is 0 Å². The van der Waals surface area contributed by atoms with E-state index in [2.05, 4.69) is 24.2 Å². The van der Waals surface area contributed by atoms with Crippen molar-refractivity contribution < 1.29 is 4.74 Å². The lowest BCUT2D eigenvalue weighted by Crippen LogP contribution is -2.36. The number of hydrogen-bond donors (Lipinski definition) is 1. The second-order valence-electron chi connectivity index (χ2n) is 5.76. The standard InChI is InChI=1S/C15H25N3OS/c1-3-16-12-5-4-6-13-14(12)20-15(17-13)18(2)11-7-9-19-10-8-11/h11-12,16H,3-10H2,1-2H3. The first-order chi connectivity index (χ1) is 9.79. The first-order valence-electron chi connectivity index (χ1n) is 7.83. The highest BCUT2D eigenvalue weighted by Gasteiger charge is 2.27.